The Labute approximate surface area is 223 Å². The first kappa shape index (κ1) is 25.8. The quantitative estimate of drug-likeness (QED) is 0.224. The van der Waals surface area contributed by atoms with Crippen molar-refractivity contribution in [2.75, 3.05) is 23.1 Å². The molecule has 0 spiro atoms. The van der Waals surface area contributed by atoms with E-state index in [2.05, 4.69) is 15.4 Å². The molecule has 8 heteroatoms. The van der Waals surface area contributed by atoms with Crippen LogP contribution in [0.4, 0.5) is 17.1 Å². The molecule has 4 aromatic rings. The van der Waals surface area contributed by atoms with Crippen molar-refractivity contribution >= 4 is 27.1 Å². The van der Waals surface area contributed by atoms with Crippen LogP contribution in [0.2, 0.25) is 0 Å². The van der Waals surface area contributed by atoms with Gasteiger partial charge in [-0.3, -0.25) is 4.72 Å². The van der Waals surface area contributed by atoms with Crippen LogP contribution in [-0.4, -0.2) is 32.7 Å². The zero-order valence-electron chi connectivity index (χ0n) is 20.9. The van der Waals surface area contributed by atoms with Crippen LogP contribution in [0.15, 0.2) is 108 Å². The highest BCUT2D eigenvalue weighted by atomic mass is 32.2. The Hall–Kier alpha value is -3.85. The molecular formula is C30H31N3O4S. The molecule has 4 N–H and O–H groups in total. The predicted molar refractivity (Wildman–Crippen MR) is 150 cm³/mol. The predicted octanol–water partition coefficient (Wildman–Crippen LogP) is 5.25. The zero-order valence-corrected chi connectivity index (χ0v) is 21.7. The largest absolute Gasteiger partial charge is 0.489 e. The van der Waals surface area contributed by atoms with Crippen LogP contribution in [0.25, 0.3) is 0 Å². The van der Waals surface area contributed by atoms with Crippen LogP contribution in [0.5, 0.6) is 5.75 Å². The Morgan fingerprint density at radius 3 is 2.24 bits per heavy atom. The summed E-state index contributed by atoms with van der Waals surface area (Å²) >= 11 is 0. The molecule has 0 amide bonds. The second kappa shape index (κ2) is 11.7. The summed E-state index contributed by atoms with van der Waals surface area (Å²) in [4.78, 5) is 0.203. The third kappa shape index (κ3) is 6.52. The van der Waals surface area contributed by atoms with Crippen molar-refractivity contribution in [1.82, 2.24) is 5.32 Å². The van der Waals surface area contributed by atoms with E-state index in [0.29, 0.717) is 30.9 Å². The van der Waals surface area contributed by atoms with Gasteiger partial charge in [0.05, 0.1) is 11.0 Å². The van der Waals surface area contributed by atoms with Gasteiger partial charge in [-0.1, -0.05) is 48.5 Å². The number of hydrogen-bond acceptors (Lipinski definition) is 6. The Morgan fingerprint density at radius 2 is 1.50 bits per heavy atom. The summed E-state index contributed by atoms with van der Waals surface area (Å²) in [5.74, 6) is 0.696. The minimum atomic E-state index is -3.75. The minimum Gasteiger partial charge on any atom is -0.489 e. The standard InChI is InChI=1S/C30H31N3O4S/c34-29(22-7-3-1-4-8-22)21-31-20-27-16-11-23-19-28(17-18-30(23)37-27)38(35,36)33-26-14-12-25(13-15-26)32-24-9-5-2-6-10-24/h1-10,12-15,17-19,27,29,31-34H,11,16,20-21H2. The number of sulfonamides is 1. The summed E-state index contributed by atoms with van der Waals surface area (Å²) < 4.78 is 34.9. The van der Waals surface area contributed by atoms with Crippen molar-refractivity contribution in [1.29, 1.82) is 0 Å². The van der Waals surface area contributed by atoms with Crippen molar-refractivity contribution < 1.29 is 18.3 Å². The molecule has 7 nitrogen and oxygen atoms in total. The molecule has 196 valence electrons. The maximum atomic E-state index is 13.0. The number of rotatable bonds is 10. The van der Waals surface area contributed by atoms with Crippen molar-refractivity contribution in [3.05, 3.63) is 114 Å². The lowest BCUT2D eigenvalue weighted by Crippen LogP contribution is -2.36. The zero-order chi connectivity index (χ0) is 26.4. The van der Waals surface area contributed by atoms with Gasteiger partial charge in [0, 0.05) is 30.2 Å². The Morgan fingerprint density at radius 1 is 0.842 bits per heavy atom. The fraction of sp³-hybridized carbons (Fsp3) is 0.200. The maximum absolute atomic E-state index is 13.0. The topological polar surface area (TPSA) is 99.7 Å². The van der Waals surface area contributed by atoms with E-state index in [-0.39, 0.29) is 11.0 Å². The van der Waals surface area contributed by atoms with Gasteiger partial charge in [0.2, 0.25) is 0 Å². The number of fused-ring (bicyclic) bond motifs is 1. The van der Waals surface area contributed by atoms with E-state index in [1.807, 2.05) is 72.8 Å². The first-order valence-corrected chi connectivity index (χ1v) is 14.1. The summed E-state index contributed by atoms with van der Waals surface area (Å²) in [7, 11) is -3.75. The highest BCUT2D eigenvalue weighted by Gasteiger charge is 2.23. The van der Waals surface area contributed by atoms with Crippen LogP contribution < -0.4 is 20.1 Å². The number of hydrogen-bond donors (Lipinski definition) is 4. The number of anilines is 3. The average molecular weight is 530 g/mol. The molecule has 0 fully saturated rings. The number of aryl methyl sites for hydroxylation is 1. The summed E-state index contributed by atoms with van der Waals surface area (Å²) in [6, 6.07) is 31.4. The van der Waals surface area contributed by atoms with Crippen molar-refractivity contribution in [2.45, 2.75) is 29.9 Å². The SMILES string of the molecule is O=S(=O)(Nc1ccc(Nc2ccccc2)cc1)c1ccc2c(c1)CCC(CNCC(O)c1ccccc1)O2. The van der Waals surface area contributed by atoms with Gasteiger partial charge in [-0.05, 0) is 78.6 Å². The molecule has 0 bridgehead atoms. The average Bonchev–Trinajstić information content (AvgIpc) is 2.94. The lowest BCUT2D eigenvalue weighted by molar-refractivity contribution is 0.146. The number of aliphatic hydroxyl groups is 1. The second-order valence-corrected chi connectivity index (χ2v) is 11.0. The van der Waals surface area contributed by atoms with Crippen LogP contribution in [0, 0.1) is 0 Å². The van der Waals surface area contributed by atoms with Gasteiger partial charge in [-0.15, -0.1) is 0 Å². The fourth-order valence-corrected chi connectivity index (χ4v) is 5.54. The third-order valence-corrected chi connectivity index (χ3v) is 7.84. The monoisotopic (exact) mass is 529 g/mol. The molecule has 5 rings (SSSR count). The molecule has 0 saturated heterocycles. The van der Waals surface area contributed by atoms with Gasteiger partial charge < -0.3 is 20.5 Å². The molecule has 0 aromatic heterocycles. The van der Waals surface area contributed by atoms with E-state index in [9.17, 15) is 13.5 Å². The first-order chi connectivity index (χ1) is 18.5. The lowest BCUT2D eigenvalue weighted by atomic mass is 10.0. The van der Waals surface area contributed by atoms with Crippen molar-refractivity contribution in [2.24, 2.45) is 0 Å². The Kier molecular flexibility index (Phi) is 7.93. The molecule has 2 atom stereocenters. The van der Waals surface area contributed by atoms with E-state index >= 15 is 0 Å². The third-order valence-electron chi connectivity index (χ3n) is 6.47. The van der Waals surface area contributed by atoms with Crippen LogP contribution in [-0.2, 0) is 16.4 Å². The Balaban J connectivity index is 1.16. The molecule has 1 aliphatic heterocycles. The van der Waals surface area contributed by atoms with E-state index in [1.165, 1.54) is 0 Å². The van der Waals surface area contributed by atoms with E-state index in [1.54, 1.807) is 30.3 Å². The number of nitrogens with one attached hydrogen (secondary N) is 3. The van der Waals surface area contributed by atoms with Gasteiger partial charge >= 0.3 is 0 Å². The smallest absolute Gasteiger partial charge is 0.261 e. The fourth-order valence-electron chi connectivity index (χ4n) is 4.43. The summed E-state index contributed by atoms with van der Waals surface area (Å²) in [5, 5.41) is 16.9. The summed E-state index contributed by atoms with van der Waals surface area (Å²) in [5.41, 5.74) is 4.05. The summed E-state index contributed by atoms with van der Waals surface area (Å²) in [6.07, 6.45) is 0.845. The van der Waals surface area contributed by atoms with Gasteiger partial charge in [0.1, 0.15) is 11.9 Å². The molecule has 4 aromatic carbocycles. The van der Waals surface area contributed by atoms with E-state index in [4.69, 9.17) is 4.74 Å². The second-order valence-electron chi connectivity index (χ2n) is 9.31. The highest BCUT2D eigenvalue weighted by molar-refractivity contribution is 7.92. The van der Waals surface area contributed by atoms with Crippen molar-refractivity contribution in [3.63, 3.8) is 0 Å². The van der Waals surface area contributed by atoms with Gasteiger partial charge in [-0.2, -0.15) is 0 Å². The number of aliphatic hydroxyl groups excluding tert-OH is 1. The molecule has 2 unspecified atom stereocenters. The maximum Gasteiger partial charge on any atom is 0.261 e. The molecular weight excluding hydrogens is 498 g/mol. The Bertz CT molecular complexity index is 1450. The van der Waals surface area contributed by atoms with Crippen LogP contribution >= 0.6 is 0 Å². The van der Waals surface area contributed by atoms with Crippen molar-refractivity contribution in [3.8, 4) is 5.75 Å². The first-order valence-electron chi connectivity index (χ1n) is 12.6. The number of benzene rings is 4. The molecule has 38 heavy (non-hydrogen) atoms. The van der Waals surface area contributed by atoms with E-state index < -0.39 is 16.1 Å². The normalized spacial score (nSPS) is 15.7. The molecule has 0 aliphatic carbocycles. The van der Waals surface area contributed by atoms with Gasteiger partial charge in [0.25, 0.3) is 10.0 Å². The van der Waals surface area contributed by atoms with Crippen LogP contribution in [0.1, 0.15) is 23.7 Å². The van der Waals surface area contributed by atoms with Crippen LogP contribution in [0.3, 0.4) is 0 Å². The summed E-state index contributed by atoms with van der Waals surface area (Å²) in [6.45, 7) is 1.03. The lowest BCUT2D eigenvalue weighted by Gasteiger charge is -2.27. The number of para-hydroxylation sites is 1. The van der Waals surface area contributed by atoms with Gasteiger partial charge in [0.15, 0.2) is 0 Å². The van der Waals surface area contributed by atoms with Gasteiger partial charge in [-0.25, -0.2) is 8.42 Å². The van der Waals surface area contributed by atoms with E-state index in [0.717, 1.165) is 28.9 Å². The number of ether oxygens (including phenoxy) is 1. The molecule has 0 radical (unpaired) electrons. The molecule has 1 heterocycles. The minimum absolute atomic E-state index is 0.0472. The highest BCUT2D eigenvalue weighted by Crippen LogP contribution is 2.30. The molecule has 0 saturated carbocycles. The molecule has 1 aliphatic rings.